The van der Waals surface area contributed by atoms with Crippen molar-refractivity contribution in [2.45, 2.75) is 31.3 Å². The molecule has 1 atom stereocenters. The second-order valence-electron chi connectivity index (χ2n) is 5.20. The van der Waals surface area contributed by atoms with Gasteiger partial charge in [-0.25, -0.2) is 0 Å². The van der Waals surface area contributed by atoms with E-state index in [1.807, 2.05) is 13.8 Å². The molecule has 0 aromatic carbocycles. The normalized spacial score (nSPS) is 16.5. The summed E-state index contributed by atoms with van der Waals surface area (Å²) in [6.45, 7) is 6.07. The summed E-state index contributed by atoms with van der Waals surface area (Å²) < 4.78 is 5.20. The molecule has 1 amide bonds. The van der Waals surface area contributed by atoms with Crippen molar-refractivity contribution in [2.24, 2.45) is 0 Å². The average Bonchev–Trinajstić information content (AvgIpc) is 2.52. The van der Waals surface area contributed by atoms with Gasteiger partial charge in [-0.2, -0.15) is 4.98 Å². The monoisotopic (exact) mass is 327 g/mol. The predicted molar refractivity (Wildman–Crippen MR) is 83.4 cm³/mol. The number of hydrogen-bond donors (Lipinski definition) is 2. The van der Waals surface area contributed by atoms with Gasteiger partial charge in [0, 0.05) is 13.1 Å². The van der Waals surface area contributed by atoms with Gasteiger partial charge in [0.15, 0.2) is 5.16 Å². The summed E-state index contributed by atoms with van der Waals surface area (Å²) in [7, 11) is 0. The molecule has 2 N–H and O–H groups in total. The summed E-state index contributed by atoms with van der Waals surface area (Å²) in [6, 6.07) is 0. The molecule has 1 aliphatic heterocycles. The number of rotatable bonds is 5. The maximum Gasteiger partial charge on any atom is 0.258 e. The SMILES string of the molecule is CC[C@@H](C)c1c(O)nc(SCC(=O)N2CCOCC2)[nH]c1=O. The van der Waals surface area contributed by atoms with Crippen molar-refractivity contribution in [3.05, 3.63) is 15.9 Å². The first-order valence-corrected chi connectivity index (χ1v) is 8.33. The number of morpholine rings is 1. The lowest BCUT2D eigenvalue weighted by atomic mass is 10.0. The maximum absolute atomic E-state index is 12.0. The van der Waals surface area contributed by atoms with E-state index in [9.17, 15) is 14.7 Å². The van der Waals surface area contributed by atoms with Crippen LogP contribution in [0.1, 0.15) is 31.7 Å². The van der Waals surface area contributed by atoms with Crippen LogP contribution < -0.4 is 5.56 Å². The van der Waals surface area contributed by atoms with Crippen molar-refractivity contribution >= 4 is 17.7 Å². The molecule has 0 bridgehead atoms. The van der Waals surface area contributed by atoms with E-state index in [2.05, 4.69) is 9.97 Å². The second-order valence-corrected chi connectivity index (χ2v) is 6.16. The predicted octanol–water partition coefficient (Wildman–Crippen LogP) is 0.940. The highest BCUT2D eigenvalue weighted by molar-refractivity contribution is 7.99. The summed E-state index contributed by atoms with van der Waals surface area (Å²) in [6.07, 6.45) is 0.736. The maximum atomic E-state index is 12.0. The van der Waals surface area contributed by atoms with Gasteiger partial charge in [0.2, 0.25) is 11.8 Å². The highest BCUT2D eigenvalue weighted by atomic mass is 32.2. The van der Waals surface area contributed by atoms with Crippen LogP contribution >= 0.6 is 11.8 Å². The van der Waals surface area contributed by atoms with Gasteiger partial charge in [-0.1, -0.05) is 25.6 Å². The van der Waals surface area contributed by atoms with E-state index in [0.717, 1.165) is 18.2 Å². The molecule has 8 heteroatoms. The van der Waals surface area contributed by atoms with Crippen molar-refractivity contribution in [3.8, 4) is 5.88 Å². The van der Waals surface area contributed by atoms with Gasteiger partial charge in [-0.3, -0.25) is 9.59 Å². The van der Waals surface area contributed by atoms with Crippen LogP contribution in [0.15, 0.2) is 9.95 Å². The molecule has 22 heavy (non-hydrogen) atoms. The van der Waals surface area contributed by atoms with Crippen LogP contribution in [0.4, 0.5) is 0 Å². The third-order valence-corrected chi connectivity index (χ3v) is 4.57. The van der Waals surface area contributed by atoms with E-state index in [1.165, 1.54) is 0 Å². The van der Waals surface area contributed by atoms with Crippen molar-refractivity contribution in [1.29, 1.82) is 0 Å². The molecule has 1 aliphatic rings. The molecule has 2 heterocycles. The minimum absolute atomic E-state index is 0.0264. The van der Waals surface area contributed by atoms with Gasteiger partial charge in [0.1, 0.15) is 0 Å². The number of aromatic hydroxyl groups is 1. The van der Waals surface area contributed by atoms with Crippen LogP contribution in [0, 0.1) is 0 Å². The van der Waals surface area contributed by atoms with Crippen LogP contribution in [-0.2, 0) is 9.53 Å². The molecule has 1 saturated heterocycles. The van der Waals surface area contributed by atoms with Crippen LogP contribution in [0.3, 0.4) is 0 Å². The average molecular weight is 327 g/mol. The van der Waals surface area contributed by atoms with Gasteiger partial charge >= 0.3 is 0 Å². The molecule has 0 aliphatic carbocycles. The molecule has 0 saturated carbocycles. The molecule has 0 unspecified atom stereocenters. The van der Waals surface area contributed by atoms with Gasteiger partial charge in [-0.15, -0.1) is 0 Å². The minimum Gasteiger partial charge on any atom is -0.493 e. The van der Waals surface area contributed by atoms with Crippen LogP contribution in [0.5, 0.6) is 5.88 Å². The first-order valence-electron chi connectivity index (χ1n) is 7.34. The Kier molecular flexibility index (Phi) is 5.84. The zero-order chi connectivity index (χ0) is 16.1. The standard InChI is InChI=1S/C14H21N3O4S/c1-3-9(2)11-12(19)15-14(16-13(11)20)22-8-10(18)17-4-6-21-7-5-17/h9H,3-8H2,1-2H3,(H2,15,16,19,20)/t9-/m1/s1. The Bertz CT molecular complexity index is 584. The van der Waals surface area contributed by atoms with E-state index < -0.39 is 0 Å². The second kappa shape index (κ2) is 7.64. The molecule has 0 radical (unpaired) electrons. The Balaban J connectivity index is 2.01. The number of aromatic nitrogens is 2. The van der Waals surface area contributed by atoms with Crippen LogP contribution in [0.2, 0.25) is 0 Å². The third kappa shape index (κ3) is 4.01. The fourth-order valence-corrected chi connectivity index (χ4v) is 2.96. The number of ether oxygens (including phenoxy) is 1. The fraction of sp³-hybridized carbons (Fsp3) is 0.643. The number of H-pyrrole nitrogens is 1. The van der Waals surface area contributed by atoms with E-state index >= 15 is 0 Å². The summed E-state index contributed by atoms with van der Waals surface area (Å²) in [4.78, 5) is 32.4. The van der Waals surface area contributed by atoms with Crippen molar-refractivity contribution < 1.29 is 14.6 Å². The van der Waals surface area contributed by atoms with E-state index in [-0.39, 0.29) is 34.2 Å². The zero-order valence-corrected chi connectivity index (χ0v) is 13.6. The number of hydrogen-bond acceptors (Lipinski definition) is 6. The van der Waals surface area contributed by atoms with Gasteiger partial charge in [-0.05, 0) is 12.3 Å². The molecule has 122 valence electrons. The topological polar surface area (TPSA) is 95.5 Å². The fourth-order valence-electron chi connectivity index (χ4n) is 2.20. The summed E-state index contributed by atoms with van der Waals surface area (Å²) in [5.74, 6) is -0.170. The molecule has 7 nitrogen and oxygen atoms in total. The smallest absolute Gasteiger partial charge is 0.258 e. The molecule has 1 aromatic rings. The van der Waals surface area contributed by atoms with Crippen molar-refractivity contribution in [1.82, 2.24) is 14.9 Å². The van der Waals surface area contributed by atoms with E-state index in [1.54, 1.807) is 4.90 Å². The quantitative estimate of drug-likeness (QED) is 0.617. The van der Waals surface area contributed by atoms with Gasteiger partial charge in [0.05, 0.1) is 24.5 Å². The summed E-state index contributed by atoms with van der Waals surface area (Å²) >= 11 is 1.12. The van der Waals surface area contributed by atoms with Gasteiger partial charge < -0.3 is 19.7 Å². The summed E-state index contributed by atoms with van der Waals surface area (Å²) in [5.41, 5.74) is -0.0467. The molecular formula is C14H21N3O4S. The lowest BCUT2D eigenvalue weighted by molar-refractivity contribution is -0.132. The number of aromatic amines is 1. The number of carbonyl (C=O) groups is 1. The minimum atomic E-state index is -0.344. The van der Waals surface area contributed by atoms with E-state index in [4.69, 9.17) is 4.74 Å². The molecular weight excluding hydrogens is 306 g/mol. The van der Waals surface area contributed by atoms with E-state index in [0.29, 0.717) is 31.9 Å². The van der Waals surface area contributed by atoms with Crippen molar-refractivity contribution in [2.75, 3.05) is 32.1 Å². The number of nitrogens with zero attached hydrogens (tertiary/aromatic N) is 2. The molecule has 0 spiro atoms. The Hall–Kier alpha value is -1.54. The Labute approximate surface area is 133 Å². The Morgan fingerprint density at radius 2 is 2.18 bits per heavy atom. The Morgan fingerprint density at radius 3 is 2.77 bits per heavy atom. The number of thioether (sulfide) groups is 1. The highest BCUT2D eigenvalue weighted by Gasteiger charge is 2.19. The number of nitrogens with one attached hydrogen (secondary N) is 1. The number of carbonyl (C=O) groups excluding carboxylic acids is 1. The third-order valence-electron chi connectivity index (χ3n) is 3.71. The molecule has 1 aromatic heterocycles. The van der Waals surface area contributed by atoms with Crippen molar-refractivity contribution in [3.63, 3.8) is 0 Å². The first kappa shape index (κ1) is 16.8. The Morgan fingerprint density at radius 1 is 1.50 bits per heavy atom. The molecule has 2 rings (SSSR count). The van der Waals surface area contributed by atoms with Crippen LogP contribution in [0.25, 0.3) is 0 Å². The largest absolute Gasteiger partial charge is 0.493 e. The first-order chi connectivity index (χ1) is 10.5. The lowest BCUT2D eigenvalue weighted by Crippen LogP contribution is -2.41. The van der Waals surface area contributed by atoms with Gasteiger partial charge in [0.25, 0.3) is 5.56 Å². The zero-order valence-electron chi connectivity index (χ0n) is 12.8. The summed E-state index contributed by atoms with van der Waals surface area (Å²) in [5, 5.41) is 10.2. The lowest BCUT2D eigenvalue weighted by Gasteiger charge is -2.26. The van der Waals surface area contributed by atoms with Crippen LogP contribution in [-0.4, -0.2) is 57.9 Å². The highest BCUT2D eigenvalue weighted by Crippen LogP contribution is 2.24. The number of amides is 1. The molecule has 1 fully saturated rings.